The van der Waals surface area contributed by atoms with Crippen LogP contribution in [-0.2, 0) is 4.74 Å². The monoisotopic (exact) mass is 246 g/mol. The van der Waals surface area contributed by atoms with Crippen LogP contribution >= 0.6 is 0 Å². The predicted molar refractivity (Wildman–Crippen MR) is 72.4 cm³/mol. The van der Waals surface area contributed by atoms with Crippen LogP contribution in [0.2, 0.25) is 0 Å². The Hall–Kier alpha value is -0.900. The fourth-order valence-electron chi connectivity index (χ4n) is 3.15. The van der Waals surface area contributed by atoms with Gasteiger partial charge in [0.2, 0.25) is 0 Å². The third-order valence-electron chi connectivity index (χ3n) is 4.24. The fraction of sp³-hybridized carbons (Fsp3) is 0.600. The van der Waals surface area contributed by atoms with Crippen molar-refractivity contribution in [3.05, 3.63) is 35.4 Å². The average Bonchev–Trinajstić information content (AvgIpc) is 2.85. The van der Waals surface area contributed by atoms with Gasteiger partial charge in [-0.05, 0) is 31.9 Å². The highest BCUT2D eigenvalue weighted by atomic mass is 16.5. The van der Waals surface area contributed by atoms with Crippen molar-refractivity contribution in [2.24, 2.45) is 5.73 Å². The van der Waals surface area contributed by atoms with E-state index in [1.165, 1.54) is 30.5 Å². The molecule has 0 aromatic heterocycles. The van der Waals surface area contributed by atoms with Crippen LogP contribution in [0.4, 0.5) is 0 Å². The van der Waals surface area contributed by atoms with Crippen LogP contribution < -0.4 is 5.73 Å². The number of nitrogens with zero attached hydrogens (tertiary/aromatic N) is 1. The van der Waals surface area contributed by atoms with Crippen LogP contribution in [0.5, 0.6) is 0 Å². The van der Waals surface area contributed by atoms with E-state index in [1.54, 1.807) is 0 Å². The van der Waals surface area contributed by atoms with Crippen LogP contribution in [0.15, 0.2) is 24.3 Å². The molecule has 0 amide bonds. The molecule has 2 N–H and O–H groups in total. The van der Waals surface area contributed by atoms with Crippen molar-refractivity contribution < 1.29 is 4.74 Å². The first-order chi connectivity index (χ1) is 8.74. The highest BCUT2D eigenvalue weighted by Crippen LogP contribution is 2.27. The lowest BCUT2D eigenvalue weighted by molar-refractivity contribution is -0.0597. The molecule has 18 heavy (non-hydrogen) atoms. The van der Waals surface area contributed by atoms with Crippen molar-refractivity contribution in [3.8, 4) is 0 Å². The number of hydrogen-bond acceptors (Lipinski definition) is 3. The van der Waals surface area contributed by atoms with Gasteiger partial charge in [0.05, 0.1) is 18.8 Å². The van der Waals surface area contributed by atoms with E-state index in [0.717, 1.165) is 13.2 Å². The summed E-state index contributed by atoms with van der Waals surface area (Å²) in [6, 6.07) is 9.10. The third-order valence-corrected chi connectivity index (χ3v) is 4.24. The zero-order chi connectivity index (χ0) is 12.5. The molecule has 0 bridgehead atoms. The Morgan fingerprint density at radius 3 is 3.17 bits per heavy atom. The second kappa shape index (κ2) is 5.00. The maximum Gasteiger partial charge on any atom is 0.0895 e. The summed E-state index contributed by atoms with van der Waals surface area (Å²) in [5, 5.41) is 0. The van der Waals surface area contributed by atoms with Gasteiger partial charge < -0.3 is 10.5 Å². The Morgan fingerprint density at radius 1 is 1.44 bits per heavy atom. The van der Waals surface area contributed by atoms with Gasteiger partial charge >= 0.3 is 0 Å². The van der Waals surface area contributed by atoms with Crippen LogP contribution in [0.1, 0.15) is 30.0 Å². The molecular weight excluding hydrogens is 224 g/mol. The quantitative estimate of drug-likeness (QED) is 0.865. The van der Waals surface area contributed by atoms with Crippen molar-refractivity contribution in [2.75, 3.05) is 19.7 Å². The maximum atomic E-state index is 6.37. The number of fused-ring (bicyclic) bond motifs is 1. The van der Waals surface area contributed by atoms with E-state index in [2.05, 4.69) is 36.1 Å². The van der Waals surface area contributed by atoms with E-state index in [9.17, 15) is 0 Å². The zero-order valence-corrected chi connectivity index (χ0v) is 11.0. The van der Waals surface area contributed by atoms with Gasteiger partial charge in [0.25, 0.3) is 0 Å². The van der Waals surface area contributed by atoms with Gasteiger partial charge in [-0.2, -0.15) is 0 Å². The molecule has 3 rings (SSSR count). The summed E-state index contributed by atoms with van der Waals surface area (Å²) in [5.41, 5.74) is 8.82. The molecule has 98 valence electrons. The summed E-state index contributed by atoms with van der Waals surface area (Å²) >= 11 is 0. The summed E-state index contributed by atoms with van der Waals surface area (Å²) in [5.74, 6) is 0. The molecule has 0 aliphatic carbocycles. The molecule has 2 aliphatic rings. The highest BCUT2D eigenvalue weighted by Gasteiger charge is 2.34. The van der Waals surface area contributed by atoms with E-state index in [-0.39, 0.29) is 12.1 Å². The van der Waals surface area contributed by atoms with Gasteiger partial charge in [0.15, 0.2) is 0 Å². The van der Waals surface area contributed by atoms with Crippen molar-refractivity contribution >= 4 is 0 Å². The first-order valence-corrected chi connectivity index (χ1v) is 6.92. The van der Waals surface area contributed by atoms with Crippen LogP contribution in [0.3, 0.4) is 0 Å². The molecule has 2 heterocycles. The molecular formula is C15H22N2O. The summed E-state index contributed by atoms with van der Waals surface area (Å²) in [6.07, 6.45) is 2.73. The van der Waals surface area contributed by atoms with Crippen LogP contribution in [0, 0.1) is 6.92 Å². The number of rotatable bonds is 2. The van der Waals surface area contributed by atoms with E-state index >= 15 is 0 Å². The maximum absolute atomic E-state index is 6.37. The minimum atomic E-state index is -0.00792. The standard InChI is InChI=1S/C15H22N2O/c1-11-4-2-5-12(8-11)15(16)14-9-17-7-3-6-13(17)10-18-14/h2,4-5,8,13-15H,3,6-7,9-10,16H2,1H3. The zero-order valence-electron chi connectivity index (χ0n) is 11.0. The molecule has 2 aliphatic heterocycles. The highest BCUT2D eigenvalue weighted by molar-refractivity contribution is 5.25. The molecule has 0 spiro atoms. The second-order valence-electron chi connectivity index (χ2n) is 5.60. The van der Waals surface area contributed by atoms with Gasteiger partial charge in [0, 0.05) is 12.6 Å². The molecule has 3 heteroatoms. The lowest BCUT2D eigenvalue weighted by atomic mass is 9.99. The predicted octanol–water partition coefficient (Wildman–Crippen LogP) is 1.86. The average molecular weight is 246 g/mol. The topological polar surface area (TPSA) is 38.5 Å². The van der Waals surface area contributed by atoms with E-state index in [0.29, 0.717) is 6.04 Å². The molecule has 1 aromatic rings. The SMILES string of the molecule is Cc1cccc(C(N)C2CN3CCCC3CO2)c1. The Labute approximate surface area is 109 Å². The summed E-state index contributed by atoms with van der Waals surface area (Å²) < 4.78 is 5.98. The summed E-state index contributed by atoms with van der Waals surface area (Å²) in [7, 11) is 0. The van der Waals surface area contributed by atoms with Crippen molar-refractivity contribution in [1.29, 1.82) is 0 Å². The van der Waals surface area contributed by atoms with Crippen LogP contribution in [-0.4, -0.2) is 36.7 Å². The number of aryl methyl sites for hydroxylation is 1. The molecule has 2 fully saturated rings. The van der Waals surface area contributed by atoms with Gasteiger partial charge in [0.1, 0.15) is 0 Å². The van der Waals surface area contributed by atoms with E-state index < -0.39 is 0 Å². The number of ether oxygens (including phenoxy) is 1. The lowest BCUT2D eigenvalue weighted by Gasteiger charge is -2.37. The van der Waals surface area contributed by atoms with Gasteiger partial charge in [-0.3, -0.25) is 4.90 Å². The largest absolute Gasteiger partial charge is 0.373 e. The number of benzene rings is 1. The molecule has 1 aromatic carbocycles. The molecule has 3 nitrogen and oxygen atoms in total. The Bertz CT molecular complexity index is 421. The first kappa shape index (κ1) is 12.2. The number of nitrogens with two attached hydrogens (primary N) is 1. The Morgan fingerprint density at radius 2 is 2.33 bits per heavy atom. The van der Waals surface area contributed by atoms with Gasteiger partial charge in [-0.15, -0.1) is 0 Å². The minimum absolute atomic E-state index is 0.00792. The molecule has 3 atom stereocenters. The molecule has 0 radical (unpaired) electrons. The first-order valence-electron chi connectivity index (χ1n) is 6.92. The number of morpholine rings is 1. The van der Waals surface area contributed by atoms with E-state index in [1.807, 2.05) is 0 Å². The van der Waals surface area contributed by atoms with E-state index in [4.69, 9.17) is 10.5 Å². The Balaban J connectivity index is 1.71. The number of hydrogen-bond donors (Lipinski definition) is 1. The van der Waals surface area contributed by atoms with Crippen molar-refractivity contribution in [3.63, 3.8) is 0 Å². The normalized spacial score (nSPS) is 30.1. The third kappa shape index (κ3) is 2.30. The lowest BCUT2D eigenvalue weighted by Crippen LogP contribution is -2.49. The van der Waals surface area contributed by atoms with Crippen LogP contribution in [0.25, 0.3) is 0 Å². The van der Waals surface area contributed by atoms with Gasteiger partial charge in [-0.25, -0.2) is 0 Å². The molecule has 2 saturated heterocycles. The minimum Gasteiger partial charge on any atom is -0.373 e. The second-order valence-corrected chi connectivity index (χ2v) is 5.60. The summed E-state index contributed by atoms with van der Waals surface area (Å²) in [4.78, 5) is 2.55. The Kier molecular flexibility index (Phi) is 3.37. The van der Waals surface area contributed by atoms with Crippen molar-refractivity contribution in [1.82, 2.24) is 4.90 Å². The van der Waals surface area contributed by atoms with Crippen molar-refractivity contribution in [2.45, 2.75) is 38.0 Å². The smallest absolute Gasteiger partial charge is 0.0895 e. The fourth-order valence-corrected chi connectivity index (χ4v) is 3.15. The molecule has 0 saturated carbocycles. The summed E-state index contributed by atoms with van der Waals surface area (Å²) in [6.45, 7) is 5.16. The molecule has 3 unspecified atom stereocenters. The van der Waals surface area contributed by atoms with Gasteiger partial charge in [-0.1, -0.05) is 29.8 Å².